The SMILES string of the molecule is CBCC(=O)C(=O)OC. The molecule has 0 radical (unpaired) electrons. The second kappa shape index (κ2) is 4.12. The Morgan fingerprint density at radius 2 is 2.11 bits per heavy atom. The Labute approximate surface area is 54.6 Å². The van der Waals surface area contributed by atoms with Gasteiger partial charge in [-0.1, -0.05) is 6.82 Å². The zero-order chi connectivity index (χ0) is 7.28. The van der Waals surface area contributed by atoms with Gasteiger partial charge in [-0.2, -0.15) is 0 Å². The van der Waals surface area contributed by atoms with Gasteiger partial charge in [0, 0.05) is 0 Å². The van der Waals surface area contributed by atoms with Gasteiger partial charge < -0.3 is 4.74 Å². The predicted octanol–water partition coefficient (Wildman–Crippen LogP) is -0.369. The fourth-order valence-corrected chi connectivity index (χ4v) is 0.443. The van der Waals surface area contributed by atoms with Gasteiger partial charge in [-0.25, -0.2) is 4.79 Å². The molecule has 0 aromatic heterocycles. The monoisotopic (exact) mass is 128 g/mol. The number of ether oxygens (including phenoxy) is 1. The van der Waals surface area contributed by atoms with Crippen molar-refractivity contribution < 1.29 is 14.3 Å². The van der Waals surface area contributed by atoms with E-state index in [-0.39, 0.29) is 6.32 Å². The average molecular weight is 128 g/mol. The maximum atomic E-state index is 10.5. The summed E-state index contributed by atoms with van der Waals surface area (Å²) in [5.74, 6) is -1.18. The summed E-state index contributed by atoms with van der Waals surface area (Å²) < 4.78 is 4.18. The average Bonchev–Trinajstić information content (AvgIpc) is 1.87. The molecule has 0 aromatic carbocycles. The molecule has 9 heavy (non-hydrogen) atoms. The van der Waals surface area contributed by atoms with Crippen molar-refractivity contribution in [2.75, 3.05) is 7.11 Å². The molecule has 50 valence electrons. The molecule has 0 amide bonds. The molecule has 0 fully saturated rings. The van der Waals surface area contributed by atoms with Crippen LogP contribution in [0.4, 0.5) is 0 Å². The van der Waals surface area contributed by atoms with E-state index in [2.05, 4.69) is 4.74 Å². The Bertz CT molecular complexity index is 121. The van der Waals surface area contributed by atoms with Crippen LogP contribution in [0.15, 0.2) is 0 Å². The van der Waals surface area contributed by atoms with Gasteiger partial charge >= 0.3 is 5.97 Å². The van der Waals surface area contributed by atoms with E-state index in [9.17, 15) is 9.59 Å². The normalized spacial score (nSPS) is 8.22. The van der Waals surface area contributed by atoms with Crippen LogP contribution in [0.3, 0.4) is 0 Å². The number of rotatable bonds is 3. The van der Waals surface area contributed by atoms with Crippen molar-refractivity contribution in [1.29, 1.82) is 0 Å². The quantitative estimate of drug-likeness (QED) is 0.296. The number of ketones is 1. The van der Waals surface area contributed by atoms with Gasteiger partial charge in [-0.3, -0.25) is 4.79 Å². The largest absolute Gasteiger partial charge is 0.463 e. The zero-order valence-electron chi connectivity index (χ0n) is 5.64. The van der Waals surface area contributed by atoms with Crippen LogP contribution < -0.4 is 0 Å². The summed E-state index contributed by atoms with van der Waals surface area (Å²) in [5.41, 5.74) is 0. The fraction of sp³-hybridized carbons (Fsp3) is 0.600. The van der Waals surface area contributed by atoms with E-state index in [0.29, 0.717) is 7.28 Å². The molecule has 0 N–H and O–H groups in total. The second-order valence-corrected chi connectivity index (χ2v) is 1.66. The first-order valence-corrected chi connectivity index (χ1v) is 2.83. The molecule has 0 spiro atoms. The molecule has 0 aliphatic heterocycles. The molecular weight excluding hydrogens is 119 g/mol. The van der Waals surface area contributed by atoms with E-state index in [1.54, 1.807) is 0 Å². The number of carbonyl (C=O) groups excluding carboxylic acids is 2. The number of esters is 1. The maximum Gasteiger partial charge on any atom is 0.373 e. The van der Waals surface area contributed by atoms with Crippen LogP contribution in [0.25, 0.3) is 0 Å². The Balaban J connectivity index is 3.60. The van der Waals surface area contributed by atoms with Crippen molar-refractivity contribution >= 4 is 19.0 Å². The second-order valence-electron chi connectivity index (χ2n) is 1.66. The van der Waals surface area contributed by atoms with Crippen LogP contribution in [-0.2, 0) is 14.3 Å². The lowest BCUT2D eigenvalue weighted by Gasteiger charge is -1.92. The zero-order valence-corrected chi connectivity index (χ0v) is 5.64. The topological polar surface area (TPSA) is 43.4 Å². The minimum absolute atomic E-state index is 0.284. The molecule has 0 rings (SSSR count). The number of Topliss-reactive ketones (excluding diaryl/α,β-unsaturated/α-hetero) is 1. The lowest BCUT2D eigenvalue weighted by Crippen LogP contribution is -2.15. The number of hydrogen-bond donors (Lipinski definition) is 0. The molecule has 4 heteroatoms. The smallest absolute Gasteiger partial charge is 0.373 e. The minimum atomic E-state index is -0.739. The Morgan fingerprint density at radius 3 is 2.44 bits per heavy atom. The molecular formula is C5H9BO3. The Hall–Kier alpha value is -0.795. The van der Waals surface area contributed by atoms with Crippen LogP contribution in [0.5, 0.6) is 0 Å². The summed E-state index contributed by atoms with van der Waals surface area (Å²) in [6.45, 7) is 1.83. The molecule has 0 aliphatic carbocycles. The number of methoxy groups -OCH3 is 1. The minimum Gasteiger partial charge on any atom is -0.463 e. The van der Waals surface area contributed by atoms with Crippen LogP contribution in [0.1, 0.15) is 0 Å². The van der Waals surface area contributed by atoms with Crippen molar-refractivity contribution in [1.82, 2.24) is 0 Å². The maximum absolute atomic E-state index is 10.5. The number of carbonyl (C=O) groups is 2. The third-order valence-electron chi connectivity index (χ3n) is 0.890. The highest BCUT2D eigenvalue weighted by molar-refractivity contribution is 6.50. The highest BCUT2D eigenvalue weighted by atomic mass is 16.5. The third kappa shape index (κ3) is 2.90. The summed E-state index contributed by atoms with van der Waals surface area (Å²) in [6, 6.07) is 0. The lowest BCUT2D eigenvalue weighted by molar-refractivity contribution is -0.150. The molecule has 0 heterocycles. The van der Waals surface area contributed by atoms with Crippen LogP contribution >= 0.6 is 0 Å². The van der Waals surface area contributed by atoms with Crippen LogP contribution in [0.2, 0.25) is 13.1 Å². The molecule has 0 atom stereocenters. The van der Waals surface area contributed by atoms with Crippen molar-refractivity contribution in [2.24, 2.45) is 0 Å². The molecule has 3 nitrogen and oxygen atoms in total. The summed E-state index contributed by atoms with van der Waals surface area (Å²) in [4.78, 5) is 20.8. The van der Waals surface area contributed by atoms with Crippen LogP contribution in [0, 0.1) is 0 Å². The summed E-state index contributed by atoms with van der Waals surface area (Å²) in [7, 11) is 1.89. The summed E-state index contributed by atoms with van der Waals surface area (Å²) >= 11 is 0. The lowest BCUT2D eigenvalue weighted by atomic mass is 9.76. The van der Waals surface area contributed by atoms with Gasteiger partial charge in [0.05, 0.1) is 7.11 Å². The van der Waals surface area contributed by atoms with Gasteiger partial charge in [0.1, 0.15) is 7.28 Å². The van der Waals surface area contributed by atoms with E-state index in [1.165, 1.54) is 7.11 Å². The van der Waals surface area contributed by atoms with E-state index in [4.69, 9.17) is 0 Å². The van der Waals surface area contributed by atoms with E-state index < -0.39 is 11.8 Å². The first-order chi connectivity index (χ1) is 4.22. The summed E-state index contributed by atoms with van der Waals surface area (Å²) in [6.07, 6.45) is 0.284. The first kappa shape index (κ1) is 8.20. The molecule has 0 unspecified atom stereocenters. The van der Waals surface area contributed by atoms with Crippen molar-refractivity contribution in [3.8, 4) is 0 Å². The van der Waals surface area contributed by atoms with Crippen molar-refractivity contribution in [3.05, 3.63) is 0 Å². The Kier molecular flexibility index (Phi) is 3.76. The highest BCUT2D eigenvalue weighted by Crippen LogP contribution is 1.84. The van der Waals surface area contributed by atoms with E-state index in [1.807, 2.05) is 6.82 Å². The Morgan fingerprint density at radius 1 is 1.56 bits per heavy atom. The standard InChI is InChI=1S/C5H9BO3/c1-6-3-4(7)5(8)9-2/h6H,3H2,1-2H3. The fourth-order valence-electron chi connectivity index (χ4n) is 0.443. The van der Waals surface area contributed by atoms with Crippen LogP contribution in [-0.4, -0.2) is 26.1 Å². The first-order valence-electron chi connectivity index (χ1n) is 2.83. The van der Waals surface area contributed by atoms with Gasteiger partial charge in [-0.05, 0) is 6.32 Å². The molecule has 0 bridgehead atoms. The van der Waals surface area contributed by atoms with Gasteiger partial charge in [0.15, 0.2) is 0 Å². The third-order valence-corrected chi connectivity index (χ3v) is 0.890. The van der Waals surface area contributed by atoms with E-state index in [0.717, 1.165) is 0 Å². The summed E-state index contributed by atoms with van der Waals surface area (Å²) in [5, 5.41) is 0. The molecule has 0 saturated carbocycles. The van der Waals surface area contributed by atoms with Crippen molar-refractivity contribution in [2.45, 2.75) is 13.1 Å². The van der Waals surface area contributed by atoms with Gasteiger partial charge in [0.25, 0.3) is 0 Å². The van der Waals surface area contributed by atoms with E-state index >= 15 is 0 Å². The number of hydrogen-bond acceptors (Lipinski definition) is 3. The van der Waals surface area contributed by atoms with Gasteiger partial charge in [-0.15, -0.1) is 0 Å². The van der Waals surface area contributed by atoms with Gasteiger partial charge in [0.2, 0.25) is 5.78 Å². The highest BCUT2D eigenvalue weighted by Gasteiger charge is 2.10. The molecule has 0 saturated heterocycles. The van der Waals surface area contributed by atoms with Crippen molar-refractivity contribution in [3.63, 3.8) is 0 Å². The molecule has 0 aromatic rings. The molecule has 0 aliphatic rings. The predicted molar refractivity (Wildman–Crippen MR) is 34.8 cm³/mol.